The molecule has 0 aliphatic carbocycles. The zero-order valence-electron chi connectivity index (χ0n) is 19.3. The van der Waals surface area contributed by atoms with Gasteiger partial charge in [-0.3, -0.25) is 14.6 Å². The average molecular weight is 492 g/mol. The summed E-state index contributed by atoms with van der Waals surface area (Å²) < 4.78 is 20.8. The molecule has 0 atom stereocenters. The number of thiophene rings is 1. The number of benzene rings is 2. The highest BCUT2D eigenvalue weighted by Crippen LogP contribution is 2.35. The Morgan fingerprint density at radius 1 is 1.09 bits per heavy atom. The number of pyridine rings is 1. The number of nitrogens with zero attached hydrogens (tertiary/aromatic N) is 1. The van der Waals surface area contributed by atoms with Crippen LogP contribution in [0, 0.1) is 12.7 Å². The van der Waals surface area contributed by atoms with Crippen LogP contribution in [0.2, 0.25) is 0 Å². The van der Waals surface area contributed by atoms with Gasteiger partial charge in [0.25, 0.3) is 5.91 Å². The fraction of sp³-hybridized carbons (Fsp3) is 0.222. The van der Waals surface area contributed by atoms with Gasteiger partial charge in [0.2, 0.25) is 0 Å². The van der Waals surface area contributed by atoms with Gasteiger partial charge in [-0.05, 0) is 55.3 Å². The second kappa shape index (κ2) is 11.2. The Labute approximate surface area is 206 Å². The Kier molecular flexibility index (Phi) is 7.84. The Morgan fingerprint density at radius 3 is 2.66 bits per heavy atom. The fourth-order valence-electron chi connectivity index (χ4n) is 3.64. The lowest BCUT2D eigenvalue weighted by Gasteiger charge is -2.08. The van der Waals surface area contributed by atoms with Crippen molar-refractivity contribution in [1.82, 2.24) is 10.3 Å². The molecule has 4 rings (SSSR count). The molecule has 4 aromatic rings. The summed E-state index contributed by atoms with van der Waals surface area (Å²) in [7, 11) is 0. The molecule has 0 unspecified atom stereocenters. The van der Waals surface area contributed by atoms with Crippen LogP contribution in [0.3, 0.4) is 0 Å². The zero-order chi connectivity index (χ0) is 24.8. The number of ether oxygens (including phenoxy) is 1. The van der Waals surface area contributed by atoms with Crippen LogP contribution in [-0.4, -0.2) is 29.8 Å². The number of aromatic nitrogens is 1. The molecule has 2 aromatic heterocycles. The van der Waals surface area contributed by atoms with Crippen LogP contribution < -0.4 is 15.8 Å². The maximum atomic E-state index is 14.0. The molecule has 8 heteroatoms. The third-order valence-electron chi connectivity index (χ3n) is 5.41. The van der Waals surface area contributed by atoms with E-state index in [9.17, 15) is 14.0 Å². The van der Waals surface area contributed by atoms with Gasteiger partial charge in [-0.25, -0.2) is 4.39 Å². The Hall–Kier alpha value is -3.62. The molecule has 1 amide bonds. The second-order valence-electron chi connectivity index (χ2n) is 8.27. The number of carbonyl (C=O) groups excluding carboxylic acids is 2. The normalized spacial score (nSPS) is 10.9. The Bertz CT molecular complexity index is 1350. The standard InChI is InChI=1S/C27H26FN3O3S/c1-17-3-8-22(28)19(13-17)15-20(32)14-18-4-6-21(7-5-18)34-24-9-12-30-23-16-25(35-26(23)24)27(33)31-11-2-10-29/h3-9,12-13,16H,2,10-11,14-15,29H2,1H3,(H,31,33). The minimum atomic E-state index is -0.360. The number of aryl methyl sites for hydroxylation is 1. The number of ketones is 1. The quantitative estimate of drug-likeness (QED) is 0.306. The number of halogens is 1. The first-order valence-corrected chi connectivity index (χ1v) is 12.1. The van der Waals surface area contributed by atoms with Gasteiger partial charge in [0, 0.05) is 31.6 Å². The van der Waals surface area contributed by atoms with Crippen molar-refractivity contribution in [3.63, 3.8) is 0 Å². The van der Waals surface area contributed by atoms with E-state index >= 15 is 0 Å². The number of amides is 1. The average Bonchev–Trinajstić information content (AvgIpc) is 3.28. The summed E-state index contributed by atoms with van der Waals surface area (Å²) in [5.74, 6) is 0.614. The number of Topliss-reactive ketones (excluding diaryl/α,β-unsaturated/α-hetero) is 1. The van der Waals surface area contributed by atoms with E-state index in [2.05, 4.69) is 10.3 Å². The number of carbonyl (C=O) groups is 2. The summed E-state index contributed by atoms with van der Waals surface area (Å²) in [6, 6.07) is 15.5. The van der Waals surface area contributed by atoms with Crippen molar-refractivity contribution in [3.05, 3.63) is 88.2 Å². The summed E-state index contributed by atoms with van der Waals surface area (Å²) in [6.45, 7) is 2.91. The first-order chi connectivity index (χ1) is 16.9. The topological polar surface area (TPSA) is 94.3 Å². The molecule has 0 radical (unpaired) electrons. The minimum absolute atomic E-state index is 0.0568. The molecule has 3 N–H and O–H groups in total. The van der Waals surface area contributed by atoms with Gasteiger partial charge in [0.15, 0.2) is 0 Å². The lowest BCUT2D eigenvalue weighted by Crippen LogP contribution is -2.25. The molecule has 0 saturated heterocycles. The third-order valence-corrected chi connectivity index (χ3v) is 6.54. The van der Waals surface area contributed by atoms with Crippen molar-refractivity contribution in [2.75, 3.05) is 13.1 Å². The summed E-state index contributed by atoms with van der Waals surface area (Å²) in [5.41, 5.74) is 8.32. The first-order valence-electron chi connectivity index (χ1n) is 11.3. The monoisotopic (exact) mass is 491 g/mol. The molecule has 2 heterocycles. The maximum Gasteiger partial charge on any atom is 0.261 e. The molecule has 0 aliphatic heterocycles. The van der Waals surface area contributed by atoms with Crippen molar-refractivity contribution in [2.45, 2.75) is 26.2 Å². The molecule has 180 valence electrons. The summed E-state index contributed by atoms with van der Waals surface area (Å²) >= 11 is 1.32. The SMILES string of the molecule is Cc1ccc(F)c(CC(=O)Cc2ccc(Oc3ccnc4cc(C(=O)NCCCN)sc34)cc2)c1. The van der Waals surface area contributed by atoms with Gasteiger partial charge in [0.05, 0.1) is 15.1 Å². The molecule has 2 aromatic carbocycles. The van der Waals surface area contributed by atoms with E-state index in [4.69, 9.17) is 10.5 Å². The second-order valence-corrected chi connectivity index (χ2v) is 9.32. The van der Waals surface area contributed by atoms with Crippen LogP contribution in [0.5, 0.6) is 11.5 Å². The molecule has 0 fully saturated rings. The van der Waals surface area contributed by atoms with Gasteiger partial charge < -0.3 is 15.8 Å². The van der Waals surface area contributed by atoms with Crippen LogP contribution in [0.1, 0.15) is 32.8 Å². The van der Waals surface area contributed by atoms with Crippen molar-refractivity contribution < 1.29 is 18.7 Å². The van der Waals surface area contributed by atoms with Gasteiger partial charge in [-0.15, -0.1) is 11.3 Å². The minimum Gasteiger partial charge on any atom is -0.456 e. The van der Waals surface area contributed by atoms with E-state index < -0.39 is 0 Å². The van der Waals surface area contributed by atoms with Gasteiger partial charge in [-0.1, -0.05) is 29.8 Å². The van der Waals surface area contributed by atoms with E-state index in [1.807, 2.05) is 19.1 Å². The molecule has 0 spiro atoms. The maximum absolute atomic E-state index is 14.0. The molecular weight excluding hydrogens is 465 g/mol. The van der Waals surface area contributed by atoms with Crippen LogP contribution >= 0.6 is 11.3 Å². The van der Waals surface area contributed by atoms with Crippen molar-refractivity contribution in [1.29, 1.82) is 0 Å². The Morgan fingerprint density at radius 2 is 1.89 bits per heavy atom. The first kappa shape index (κ1) is 24.5. The molecular formula is C27H26FN3O3S. The number of hydrogen-bond donors (Lipinski definition) is 2. The third kappa shape index (κ3) is 6.29. The molecule has 0 bridgehead atoms. The predicted molar refractivity (Wildman–Crippen MR) is 136 cm³/mol. The van der Waals surface area contributed by atoms with Gasteiger partial charge >= 0.3 is 0 Å². The molecule has 0 saturated carbocycles. The van der Waals surface area contributed by atoms with Crippen molar-refractivity contribution in [3.8, 4) is 11.5 Å². The number of nitrogens with one attached hydrogen (secondary N) is 1. The smallest absolute Gasteiger partial charge is 0.261 e. The van der Waals surface area contributed by atoms with Crippen LogP contribution in [0.25, 0.3) is 10.2 Å². The van der Waals surface area contributed by atoms with Gasteiger partial charge in [0.1, 0.15) is 23.1 Å². The highest BCUT2D eigenvalue weighted by molar-refractivity contribution is 7.21. The van der Waals surface area contributed by atoms with E-state index in [1.165, 1.54) is 17.4 Å². The van der Waals surface area contributed by atoms with Crippen LogP contribution in [-0.2, 0) is 17.6 Å². The van der Waals surface area contributed by atoms with Crippen LogP contribution in [0.4, 0.5) is 4.39 Å². The fourth-order valence-corrected chi connectivity index (χ4v) is 4.62. The number of hydrogen-bond acceptors (Lipinski definition) is 6. The highest BCUT2D eigenvalue weighted by Gasteiger charge is 2.15. The van der Waals surface area contributed by atoms with E-state index in [0.29, 0.717) is 47.0 Å². The highest BCUT2D eigenvalue weighted by atomic mass is 32.1. The lowest BCUT2D eigenvalue weighted by atomic mass is 10.0. The van der Waals surface area contributed by atoms with Gasteiger partial charge in [-0.2, -0.15) is 0 Å². The molecule has 35 heavy (non-hydrogen) atoms. The van der Waals surface area contributed by atoms with Crippen LogP contribution in [0.15, 0.2) is 60.8 Å². The predicted octanol–water partition coefficient (Wildman–Crippen LogP) is 4.97. The zero-order valence-corrected chi connectivity index (χ0v) is 20.2. The Balaban J connectivity index is 1.41. The number of nitrogens with two attached hydrogens (primary N) is 1. The summed E-state index contributed by atoms with van der Waals surface area (Å²) in [6.07, 6.45) is 2.62. The number of rotatable bonds is 10. The van der Waals surface area contributed by atoms with Crippen molar-refractivity contribution >= 4 is 33.2 Å². The van der Waals surface area contributed by atoms with E-state index in [-0.39, 0.29) is 30.3 Å². The van der Waals surface area contributed by atoms with E-state index in [1.54, 1.807) is 42.6 Å². The molecule has 6 nitrogen and oxygen atoms in total. The largest absolute Gasteiger partial charge is 0.456 e. The molecule has 0 aliphatic rings. The van der Waals surface area contributed by atoms with Crippen molar-refractivity contribution in [2.24, 2.45) is 5.73 Å². The summed E-state index contributed by atoms with van der Waals surface area (Å²) in [5, 5.41) is 2.85. The van der Waals surface area contributed by atoms with E-state index in [0.717, 1.165) is 15.8 Å². The lowest BCUT2D eigenvalue weighted by molar-refractivity contribution is -0.117. The number of fused-ring (bicyclic) bond motifs is 1. The summed E-state index contributed by atoms with van der Waals surface area (Å²) in [4.78, 5) is 29.7.